The molecule has 0 saturated carbocycles. The zero-order valence-corrected chi connectivity index (χ0v) is 17.5. The summed E-state index contributed by atoms with van der Waals surface area (Å²) in [5.74, 6) is 1.19. The molecule has 1 unspecified atom stereocenters. The molecule has 1 aliphatic rings. The first kappa shape index (κ1) is 20.2. The van der Waals surface area contributed by atoms with E-state index in [0.717, 1.165) is 29.7 Å². The van der Waals surface area contributed by atoms with E-state index in [9.17, 15) is 9.90 Å². The van der Waals surface area contributed by atoms with Gasteiger partial charge in [-0.05, 0) is 39.2 Å². The first-order valence-electron chi connectivity index (χ1n) is 10.1. The van der Waals surface area contributed by atoms with Crippen molar-refractivity contribution in [1.82, 2.24) is 29.8 Å². The van der Waals surface area contributed by atoms with Crippen LogP contribution in [0.3, 0.4) is 0 Å². The van der Waals surface area contributed by atoms with Crippen molar-refractivity contribution < 1.29 is 14.4 Å². The van der Waals surface area contributed by atoms with Gasteiger partial charge in [0.15, 0.2) is 5.69 Å². The molecule has 0 bridgehead atoms. The quantitative estimate of drug-likeness (QED) is 0.686. The second kappa shape index (κ2) is 8.35. The highest BCUT2D eigenvalue weighted by Gasteiger charge is 2.31. The molecule has 30 heavy (non-hydrogen) atoms. The van der Waals surface area contributed by atoms with Gasteiger partial charge in [-0.1, -0.05) is 5.16 Å². The summed E-state index contributed by atoms with van der Waals surface area (Å²) in [6.07, 6.45) is 7.14. The van der Waals surface area contributed by atoms with Crippen molar-refractivity contribution in [1.29, 1.82) is 0 Å². The molecule has 1 saturated heterocycles. The van der Waals surface area contributed by atoms with Gasteiger partial charge in [0.1, 0.15) is 11.6 Å². The third kappa shape index (κ3) is 3.97. The van der Waals surface area contributed by atoms with Crippen molar-refractivity contribution >= 4 is 5.91 Å². The van der Waals surface area contributed by atoms with Crippen LogP contribution in [0.1, 0.15) is 63.2 Å². The fraction of sp³-hybridized carbons (Fsp3) is 0.476. The molecule has 1 atom stereocenters. The van der Waals surface area contributed by atoms with Crippen molar-refractivity contribution in [3.05, 3.63) is 58.3 Å². The number of amides is 1. The molecule has 1 amide bonds. The highest BCUT2D eigenvalue weighted by molar-refractivity contribution is 5.94. The van der Waals surface area contributed by atoms with Crippen LogP contribution in [-0.4, -0.2) is 53.9 Å². The minimum Gasteiger partial charge on any atom is -0.392 e. The molecule has 0 spiro atoms. The van der Waals surface area contributed by atoms with Gasteiger partial charge < -0.3 is 14.5 Å². The Labute approximate surface area is 174 Å². The van der Waals surface area contributed by atoms with Gasteiger partial charge in [-0.2, -0.15) is 5.10 Å². The van der Waals surface area contributed by atoms with Crippen LogP contribution >= 0.6 is 0 Å². The van der Waals surface area contributed by atoms with Gasteiger partial charge in [0, 0.05) is 42.5 Å². The maximum absolute atomic E-state index is 13.3. The molecule has 0 aromatic carbocycles. The summed E-state index contributed by atoms with van der Waals surface area (Å²) >= 11 is 0. The standard InChI is InChI=1S/C21H26N6O3/c1-13-7-23-27(9-13)11-18-14(2)30-25-20(18)21(29)26-6-4-5-16(10-26)19-17(12-28)8-22-15(3)24-19/h7-9,16,28H,4-6,10-12H2,1-3H3. The second-order valence-corrected chi connectivity index (χ2v) is 7.86. The number of aliphatic hydroxyl groups is 1. The van der Waals surface area contributed by atoms with Gasteiger partial charge in [0.2, 0.25) is 0 Å². The third-order valence-electron chi connectivity index (χ3n) is 5.55. The molecule has 0 radical (unpaired) electrons. The SMILES string of the molecule is Cc1cnn(Cc2c(C(=O)N3CCCC(c4nc(C)ncc4CO)C3)noc2C)c1. The van der Waals surface area contributed by atoms with E-state index in [1.807, 2.05) is 31.9 Å². The molecule has 4 rings (SSSR count). The monoisotopic (exact) mass is 410 g/mol. The summed E-state index contributed by atoms with van der Waals surface area (Å²) in [5.41, 5.74) is 3.68. The number of likely N-dealkylation sites (tertiary alicyclic amines) is 1. The molecule has 0 aliphatic carbocycles. The van der Waals surface area contributed by atoms with Crippen LogP contribution in [0.25, 0.3) is 0 Å². The van der Waals surface area contributed by atoms with E-state index in [4.69, 9.17) is 4.52 Å². The van der Waals surface area contributed by atoms with Gasteiger partial charge in [0.05, 0.1) is 25.0 Å². The Morgan fingerprint density at radius 1 is 1.30 bits per heavy atom. The number of rotatable bonds is 5. The lowest BCUT2D eigenvalue weighted by atomic mass is 9.91. The molecule has 3 aromatic heterocycles. The fourth-order valence-corrected chi connectivity index (χ4v) is 3.98. The van der Waals surface area contributed by atoms with Gasteiger partial charge in [-0.3, -0.25) is 9.48 Å². The van der Waals surface area contributed by atoms with Crippen LogP contribution in [0.5, 0.6) is 0 Å². The number of carbonyl (C=O) groups is 1. The molecule has 1 fully saturated rings. The fourth-order valence-electron chi connectivity index (χ4n) is 3.98. The second-order valence-electron chi connectivity index (χ2n) is 7.86. The van der Waals surface area contributed by atoms with Crippen molar-refractivity contribution in [2.75, 3.05) is 13.1 Å². The number of nitrogens with zero attached hydrogens (tertiary/aromatic N) is 6. The molecule has 1 N–H and O–H groups in total. The first-order valence-corrected chi connectivity index (χ1v) is 10.1. The molecular formula is C21H26N6O3. The third-order valence-corrected chi connectivity index (χ3v) is 5.55. The normalized spacial score (nSPS) is 16.8. The maximum Gasteiger partial charge on any atom is 0.276 e. The number of aryl methyl sites for hydroxylation is 3. The highest BCUT2D eigenvalue weighted by Crippen LogP contribution is 2.29. The summed E-state index contributed by atoms with van der Waals surface area (Å²) in [7, 11) is 0. The van der Waals surface area contributed by atoms with E-state index in [2.05, 4.69) is 20.2 Å². The number of aliphatic hydroxyl groups excluding tert-OH is 1. The summed E-state index contributed by atoms with van der Waals surface area (Å²) in [6, 6.07) is 0. The highest BCUT2D eigenvalue weighted by atomic mass is 16.5. The van der Waals surface area contributed by atoms with E-state index in [1.165, 1.54) is 0 Å². The van der Waals surface area contributed by atoms with Gasteiger partial charge in [-0.15, -0.1) is 0 Å². The van der Waals surface area contributed by atoms with Crippen molar-refractivity contribution in [2.45, 2.75) is 52.7 Å². The molecule has 4 heterocycles. The number of aromatic nitrogens is 5. The number of carbonyl (C=O) groups excluding carboxylic acids is 1. The average Bonchev–Trinajstić information content (AvgIpc) is 3.33. The van der Waals surface area contributed by atoms with Crippen LogP contribution in [0.15, 0.2) is 23.1 Å². The summed E-state index contributed by atoms with van der Waals surface area (Å²) < 4.78 is 7.14. The minimum atomic E-state index is -0.147. The predicted molar refractivity (Wildman–Crippen MR) is 108 cm³/mol. The number of hydrogen-bond acceptors (Lipinski definition) is 7. The van der Waals surface area contributed by atoms with Crippen LogP contribution in [0.2, 0.25) is 0 Å². The van der Waals surface area contributed by atoms with Crippen molar-refractivity contribution in [3.8, 4) is 0 Å². The minimum absolute atomic E-state index is 0.0526. The largest absolute Gasteiger partial charge is 0.392 e. The average molecular weight is 410 g/mol. The van der Waals surface area contributed by atoms with Crippen LogP contribution in [-0.2, 0) is 13.2 Å². The smallest absolute Gasteiger partial charge is 0.276 e. The Bertz CT molecular complexity index is 1060. The van der Waals surface area contributed by atoms with E-state index in [1.54, 1.807) is 17.1 Å². The molecule has 1 aliphatic heterocycles. The Balaban J connectivity index is 1.56. The topological polar surface area (TPSA) is 110 Å². The summed E-state index contributed by atoms with van der Waals surface area (Å²) in [6.45, 7) is 7.11. The van der Waals surface area contributed by atoms with Crippen LogP contribution in [0, 0.1) is 20.8 Å². The Morgan fingerprint density at radius 2 is 2.13 bits per heavy atom. The maximum atomic E-state index is 13.3. The molecule has 9 nitrogen and oxygen atoms in total. The van der Waals surface area contributed by atoms with E-state index >= 15 is 0 Å². The molecule has 3 aromatic rings. The van der Waals surface area contributed by atoms with E-state index < -0.39 is 0 Å². The lowest BCUT2D eigenvalue weighted by Crippen LogP contribution is -2.40. The molecule has 158 valence electrons. The van der Waals surface area contributed by atoms with Crippen LogP contribution < -0.4 is 0 Å². The summed E-state index contributed by atoms with van der Waals surface area (Å²) in [5, 5.41) is 18.1. The van der Waals surface area contributed by atoms with E-state index in [-0.39, 0.29) is 18.4 Å². The molecular weight excluding hydrogens is 384 g/mol. The lowest BCUT2D eigenvalue weighted by molar-refractivity contribution is 0.0693. The Morgan fingerprint density at radius 3 is 2.87 bits per heavy atom. The summed E-state index contributed by atoms with van der Waals surface area (Å²) in [4.78, 5) is 23.9. The van der Waals surface area contributed by atoms with Crippen molar-refractivity contribution in [3.63, 3.8) is 0 Å². The van der Waals surface area contributed by atoms with Gasteiger partial charge >= 0.3 is 0 Å². The zero-order chi connectivity index (χ0) is 21.3. The number of piperidine rings is 1. The van der Waals surface area contributed by atoms with Crippen molar-refractivity contribution in [2.24, 2.45) is 0 Å². The van der Waals surface area contributed by atoms with Crippen LogP contribution in [0.4, 0.5) is 0 Å². The Kier molecular flexibility index (Phi) is 5.63. The predicted octanol–water partition coefficient (Wildman–Crippen LogP) is 2.15. The molecule has 9 heteroatoms. The lowest BCUT2D eigenvalue weighted by Gasteiger charge is -2.33. The van der Waals surface area contributed by atoms with Gasteiger partial charge in [0.25, 0.3) is 5.91 Å². The van der Waals surface area contributed by atoms with E-state index in [0.29, 0.717) is 42.5 Å². The zero-order valence-electron chi connectivity index (χ0n) is 17.5. The number of hydrogen-bond donors (Lipinski definition) is 1. The Hall–Kier alpha value is -3.07. The first-order chi connectivity index (χ1) is 14.5. The van der Waals surface area contributed by atoms with Gasteiger partial charge in [-0.25, -0.2) is 9.97 Å².